The number of aromatic nitrogens is 1. The molecule has 2 aliphatic rings. The Morgan fingerprint density at radius 1 is 0.904 bits per heavy atom. The molecule has 2 fully saturated rings. The molecule has 2 saturated heterocycles. The number of piperazine rings is 1. The van der Waals surface area contributed by atoms with E-state index in [-0.39, 0.29) is 23.9 Å². The number of aryl methyl sites for hydroxylation is 2. The summed E-state index contributed by atoms with van der Waals surface area (Å²) in [6.45, 7) is 14.8. The van der Waals surface area contributed by atoms with Gasteiger partial charge >= 0.3 is 0 Å². The highest BCUT2D eigenvalue weighted by molar-refractivity contribution is 5.99. The van der Waals surface area contributed by atoms with E-state index in [4.69, 9.17) is 0 Å². The van der Waals surface area contributed by atoms with Crippen LogP contribution in [-0.4, -0.2) is 78.5 Å². The Hall–Kier alpha value is -4.99. The normalized spacial score (nSPS) is 15.6. The van der Waals surface area contributed by atoms with Gasteiger partial charge in [0.05, 0.1) is 0 Å². The lowest BCUT2D eigenvalue weighted by atomic mass is 9.94. The van der Waals surface area contributed by atoms with Crippen molar-refractivity contribution in [2.45, 2.75) is 59.7 Å². The Morgan fingerprint density at radius 2 is 1.62 bits per heavy atom. The third-order valence-corrected chi connectivity index (χ3v) is 10.5. The molecule has 6 rings (SSSR count). The highest BCUT2D eigenvalue weighted by Gasteiger charge is 2.25. The van der Waals surface area contributed by atoms with Gasteiger partial charge in [-0.05, 0) is 111 Å². The number of aromatic amines is 1. The summed E-state index contributed by atoms with van der Waals surface area (Å²) >= 11 is 0. The predicted octanol–water partition coefficient (Wildman–Crippen LogP) is 5.83. The molecule has 4 aromatic rings. The van der Waals surface area contributed by atoms with E-state index in [0.29, 0.717) is 30.3 Å². The molecule has 0 radical (unpaired) electrons. The van der Waals surface area contributed by atoms with Gasteiger partial charge < -0.3 is 25.4 Å². The minimum absolute atomic E-state index is 0.0547. The van der Waals surface area contributed by atoms with E-state index >= 15 is 0 Å². The number of hydrogen-bond acceptors (Lipinski definition) is 6. The lowest BCUT2D eigenvalue weighted by Gasteiger charge is -2.37. The summed E-state index contributed by atoms with van der Waals surface area (Å²) in [4.78, 5) is 49.0. The van der Waals surface area contributed by atoms with Crippen molar-refractivity contribution >= 4 is 23.6 Å². The topological polar surface area (TPSA) is 101 Å². The largest absolute Gasteiger partial charge is 0.368 e. The van der Waals surface area contributed by atoms with Crippen LogP contribution >= 0.6 is 0 Å². The van der Waals surface area contributed by atoms with Crippen molar-refractivity contribution < 1.29 is 9.59 Å². The van der Waals surface area contributed by atoms with Crippen LogP contribution in [0.25, 0.3) is 17.2 Å². The Bertz CT molecular complexity index is 1940. The number of nitrogens with zero attached hydrogens (tertiary/aromatic N) is 3. The van der Waals surface area contributed by atoms with Crippen LogP contribution in [0.5, 0.6) is 0 Å². The van der Waals surface area contributed by atoms with Crippen LogP contribution in [0.15, 0.2) is 83.7 Å². The quantitative estimate of drug-likeness (QED) is 0.170. The number of carbonyl (C=O) groups excluding carboxylic acids is 2. The van der Waals surface area contributed by atoms with E-state index in [0.717, 1.165) is 91.3 Å². The van der Waals surface area contributed by atoms with Gasteiger partial charge in [-0.2, -0.15) is 0 Å². The van der Waals surface area contributed by atoms with Gasteiger partial charge in [-0.15, -0.1) is 0 Å². The van der Waals surface area contributed by atoms with Crippen molar-refractivity contribution in [1.29, 1.82) is 0 Å². The summed E-state index contributed by atoms with van der Waals surface area (Å²) in [5.74, 6) is -0.134. The summed E-state index contributed by atoms with van der Waals surface area (Å²) < 4.78 is 0. The summed E-state index contributed by atoms with van der Waals surface area (Å²) in [7, 11) is 0. The molecule has 0 unspecified atom stereocenters. The Labute approximate surface area is 307 Å². The van der Waals surface area contributed by atoms with Gasteiger partial charge in [0.1, 0.15) is 0 Å². The van der Waals surface area contributed by atoms with Gasteiger partial charge in [0.25, 0.3) is 11.5 Å². The van der Waals surface area contributed by atoms with E-state index in [9.17, 15) is 14.4 Å². The summed E-state index contributed by atoms with van der Waals surface area (Å²) in [6.07, 6.45) is 5.66. The first-order valence-electron chi connectivity index (χ1n) is 18.6. The molecule has 272 valence electrons. The zero-order chi connectivity index (χ0) is 36.6. The van der Waals surface area contributed by atoms with Gasteiger partial charge in [-0.1, -0.05) is 54.6 Å². The van der Waals surface area contributed by atoms with E-state index in [1.807, 2.05) is 74.2 Å². The molecule has 2 aliphatic heterocycles. The van der Waals surface area contributed by atoms with Crippen LogP contribution in [-0.2, 0) is 17.9 Å². The fourth-order valence-electron chi connectivity index (χ4n) is 7.53. The first-order valence-corrected chi connectivity index (χ1v) is 18.6. The maximum Gasteiger partial charge on any atom is 0.253 e. The smallest absolute Gasteiger partial charge is 0.253 e. The molecule has 3 heterocycles. The first-order chi connectivity index (χ1) is 25.2. The number of benzene rings is 3. The minimum atomic E-state index is -0.189. The second-order valence-corrected chi connectivity index (χ2v) is 14.1. The van der Waals surface area contributed by atoms with E-state index in [1.54, 1.807) is 6.08 Å². The number of rotatable bonds is 11. The van der Waals surface area contributed by atoms with Crippen molar-refractivity contribution in [2.75, 3.05) is 50.7 Å². The zero-order valence-electron chi connectivity index (χ0n) is 31.0. The molecule has 0 atom stereocenters. The number of amides is 2. The SMILES string of the molecule is CCN(c1cc(-c2ccc(CN3CCN(C(=O)/C=C/c4ccccc4)CC3)cc2)cc(C(=O)NCc2c(C)cc(C)[nH]c2=O)c1C)C1CCNCC1. The second kappa shape index (κ2) is 17.0. The lowest BCUT2D eigenvalue weighted by molar-refractivity contribution is -0.127. The maximum atomic E-state index is 13.9. The first kappa shape index (κ1) is 36.8. The number of pyridine rings is 1. The third kappa shape index (κ3) is 8.89. The van der Waals surface area contributed by atoms with Gasteiger partial charge in [0, 0.05) is 80.4 Å². The van der Waals surface area contributed by atoms with E-state index in [1.165, 1.54) is 5.56 Å². The third-order valence-electron chi connectivity index (χ3n) is 10.5. The lowest BCUT2D eigenvalue weighted by Crippen LogP contribution is -2.47. The summed E-state index contributed by atoms with van der Waals surface area (Å²) in [5.41, 5.74) is 8.99. The number of hydrogen-bond donors (Lipinski definition) is 3. The summed E-state index contributed by atoms with van der Waals surface area (Å²) in [6, 6.07) is 25.1. The Kier molecular flexibility index (Phi) is 12.0. The molecule has 9 heteroatoms. The predicted molar refractivity (Wildman–Crippen MR) is 211 cm³/mol. The fraction of sp³-hybridized carbons (Fsp3) is 0.372. The number of piperidine rings is 1. The molecule has 0 bridgehead atoms. The molecule has 9 nitrogen and oxygen atoms in total. The van der Waals surface area contributed by atoms with Gasteiger partial charge in [0.2, 0.25) is 5.91 Å². The van der Waals surface area contributed by atoms with Crippen molar-refractivity contribution in [1.82, 2.24) is 25.4 Å². The molecular weight excluding hydrogens is 649 g/mol. The van der Waals surface area contributed by atoms with Crippen LogP contribution < -0.4 is 21.1 Å². The van der Waals surface area contributed by atoms with Crippen molar-refractivity contribution in [2.24, 2.45) is 0 Å². The van der Waals surface area contributed by atoms with Crippen LogP contribution in [0.4, 0.5) is 5.69 Å². The molecular formula is C43H52N6O3. The van der Waals surface area contributed by atoms with Gasteiger partial charge in [0.15, 0.2) is 0 Å². The summed E-state index contributed by atoms with van der Waals surface area (Å²) in [5, 5.41) is 6.54. The molecule has 0 aliphatic carbocycles. The standard InChI is InChI=1S/C43H52N6O3/c1-5-49(37-17-19-44-20-18-37)40-27-36(26-38(32(40)4)42(51)45-28-39-30(2)25-31(3)46-43(39)52)35-14-11-34(12-15-35)29-47-21-23-48(24-22-47)41(50)16-13-33-9-7-6-8-10-33/h6-16,25-27,37,44H,5,17-24,28-29H2,1-4H3,(H,45,51)(H,46,52)/b16-13+. The van der Waals surface area contributed by atoms with Crippen molar-refractivity contribution in [3.05, 3.63) is 128 Å². The van der Waals surface area contributed by atoms with Gasteiger partial charge in [-0.25, -0.2) is 0 Å². The van der Waals surface area contributed by atoms with E-state index in [2.05, 4.69) is 62.7 Å². The number of nitrogens with one attached hydrogen (secondary N) is 3. The molecule has 0 saturated carbocycles. The van der Waals surface area contributed by atoms with Crippen LogP contribution in [0, 0.1) is 20.8 Å². The Balaban J connectivity index is 1.18. The molecule has 1 aromatic heterocycles. The van der Waals surface area contributed by atoms with Crippen LogP contribution in [0.2, 0.25) is 0 Å². The van der Waals surface area contributed by atoms with Crippen LogP contribution in [0.1, 0.15) is 63.6 Å². The van der Waals surface area contributed by atoms with Crippen molar-refractivity contribution in [3.63, 3.8) is 0 Å². The fourth-order valence-corrected chi connectivity index (χ4v) is 7.53. The maximum absolute atomic E-state index is 13.9. The number of anilines is 1. The molecule has 3 N–H and O–H groups in total. The number of carbonyl (C=O) groups is 2. The minimum Gasteiger partial charge on any atom is -0.368 e. The van der Waals surface area contributed by atoms with Crippen molar-refractivity contribution in [3.8, 4) is 11.1 Å². The highest BCUT2D eigenvalue weighted by Crippen LogP contribution is 2.34. The molecule has 0 spiro atoms. The van der Waals surface area contributed by atoms with Gasteiger partial charge in [-0.3, -0.25) is 19.3 Å². The van der Waals surface area contributed by atoms with E-state index < -0.39 is 0 Å². The monoisotopic (exact) mass is 700 g/mol. The molecule has 3 aromatic carbocycles. The van der Waals surface area contributed by atoms with Crippen LogP contribution in [0.3, 0.4) is 0 Å². The average Bonchev–Trinajstić information content (AvgIpc) is 3.16. The zero-order valence-corrected chi connectivity index (χ0v) is 31.0. The highest BCUT2D eigenvalue weighted by atomic mass is 16.2. The second-order valence-electron chi connectivity index (χ2n) is 14.1. The Morgan fingerprint density at radius 3 is 2.29 bits per heavy atom. The molecule has 52 heavy (non-hydrogen) atoms. The average molecular weight is 701 g/mol. The molecule has 2 amide bonds. The number of H-pyrrole nitrogens is 1.